The van der Waals surface area contributed by atoms with Gasteiger partial charge in [-0.2, -0.15) is 13.2 Å². The van der Waals surface area contributed by atoms with Crippen molar-refractivity contribution in [1.82, 2.24) is 0 Å². The molecule has 0 aliphatic heterocycles. The van der Waals surface area contributed by atoms with Gasteiger partial charge in [-0.05, 0) is 54.8 Å². The Balaban J connectivity index is 1.90. The summed E-state index contributed by atoms with van der Waals surface area (Å²) in [6.45, 7) is 1.92. The minimum absolute atomic E-state index is 0.243. The molecule has 0 aliphatic rings. The fourth-order valence-corrected chi connectivity index (χ4v) is 2.32. The highest BCUT2D eigenvalue weighted by molar-refractivity contribution is 5.90. The summed E-state index contributed by atoms with van der Waals surface area (Å²) in [5, 5.41) is 2.60. The van der Waals surface area contributed by atoms with E-state index >= 15 is 0 Å². The highest BCUT2D eigenvalue weighted by atomic mass is 19.4. The zero-order valence-electron chi connectivity index (χ0n) is 13.4. The van der Waals surface area contributed by atoms with Gasteiger partial charge in [0.25, 0.3) is 0 Å². The maximum Gasteiger partial charge on any atom is 0.416 e. The van der Waals surface area contributed by atoms with Gasteiger partial charge in [-0.1, -0.05) is 12.1 Å². The lowest BCUT2D eigenvalue weighted by Gasteiger charge is -2.09. The van der Waals surface area contributed by atoms with Crippen molar-refractivity contribution in [3.63, 3.8) is 0 Å². The Morgan fingerprint density at radius 3 is 2.33 bits per heavy atom. The molecule has 2 aromatic rings. The molecule has 0 aromatic heterocycles. The van der Waals surface area contributed by atoms with Crippen molar-refractivity contribution in [2.75, 3.05) is 12.4 Å². The first-order valence-corrected chi connectivity index (χ1v) is 7.40. The Hall–Kier alpha value is -2.50. The first kappa shape index (κ1) is 17.8. The number of methoxy groups -OCH3 is 1. The molecule has 3 nitrogen and oxygen atoms in total. The number of nitrogens with one attached hydrogen (secondary N) is 1. The van der Waals surface area contributed by atoms with Crippen LogP contribution in [0.2, 0.25) is 0 Å². The van der Waals surface area contributed by atoms with Gasteiger partial charge in [-0.3, -0.25) is 4.79 Å². The van der Waals surface area contributed by atoms with E-state index in [1.165, 1.54) is 12.1 Å². The van der Waals surface area contributed by atoms with Crippen LogP contribution >= 0.6 is 0 Å². The van der Waals surface area contributed by atoms with E-state index in [1.54, 1.807) is 7.11 Å². The Kier molecular flexibility index (Phi) is 5.49. The topological polar surface area (TPSA) is 38.3 Å². The number of aryl methyl sites for hydroxylation is 2. The predicted octanol–water partition coefficient (Wildman–Crippen LogP) is 4.59. The number of halogens is 3. The lowest BCUT2D eigenvalue weighted by atomic mass is 10.1. The van der Waals surface area contributed by atoms with Gasteiger partial charge in [0.15, 0.2) is 0 Å². The largest absolute Gasteiger partial charge is 0.496 e. The number of ether oxygens (including phenoxy) is 1. The molecule has 2 rings (SSSR count). The number of anilines is 1. The second kappa shape index (κ2) is 7.38. The van der Waals surface area contributed by atoms with E-state index in [4.69, 9.17) is 4.74 Å². The van der Waals surface area contributed by atoms with Crippen LogP contribution in [0.15, 0.2) is 42.5 Å². The zero-order chi connectivity index (χ0) is 17.7. The molecule has 0 radical (unpaired) electrons. The summed E-state index contributed by atoms with van der Waals surface area (Å²) in [7, 11) is 1.60. The molecule has 0 spiro atoms. The molecule has 0 atom stereocenters. The molecular formula is C18H18F3NO2. The van der Waals surface area contributed by atoms with Crippen LogP contribution in [0.25, 0.3) is 0 Å². The molecule has 0 unspecified atom stereocenters. The summed E-state index contributed by atoms with van der Waals surface area (Å²) >= 11 is 0. The molecule has 0 saturated heterocycles. The van der Waals surface area contributed by atoms with E-state index < -0.39 is 11.7 Å². The molecule has 1 amide bonds. The maximum absolute atomic E-state index is 12.5. The summed E-state index contributed by atoms with van der Waals surface area (Å²) in [6.07, 6.45) is -3.60. The lowest BCUT2D eigenvalue weighted by molar-refractivity contribution is -0.137. The molecular weight excluding hydrogens is 319 g/mol. The first-order valence-electron chi connectivity index (χ1n) is 7.40. The van der Waals surface area contributed by atoms with Crippen molar-refractivity contribution in [3.8, 4) is 5.75 Å². The van der Waals surface area contributed by atoms with Crippen LogP contribution in [0.1, 0.15) is 23.1 Å². The van der Waals surface area contributed by atoms with Crippen molar-refractivity contribution in [1.29, 1.82) is 0 Å². The zero-order valence-corrected chi connectivity index (χ0v) is 13.4. The Labute approximate surface area is 138 Å². The highest BCUT2D eigenvalue weighted by Gasteiger charge is 2.29. The third-order valence-corrected chi connectivity index (χ3v) is 3.60. The number of alkyl halides is 3. The van der Waals surface area contributed by atoms with Crippen LogP contribution in [0.5, 0.6) is 5.75 Å². The van der Waals surface area contributed by atoms with Crippen molar-refractivity contribution < 1.29 is 22.7 Å². The SMILES string of the molecule is COc1ccc(CCC(=O)Nc2ccc(C(F)(F)F)cc2)cc1C. The molecule has 0 saturated carbocycles. The summed E-state index contributed by atoms with van der Waals surface area (Å²) in [5.41, 5.74) is 1.59. The van der Waals surface area contributed by atoms with Gasteiger partial charge in [0.1, 0.15) is 5.75 Å². The minimum atomic E-state index is -4.38. The molecule has 24 heavy (non-hydrogen) atoms. The quantitative estimate of drug-likeness (QED) is 0.866. The Bertz CT molecular complexity index is 709. The standard InChI is InChI=1S/C18H18F3NO2/c1-12-11-13(3-9-16(12)24-2)4-10-17(23)22-15-7-5-14(6-8-15)18(19,20)21/h3,5-9,11H,4,10H2,1-2H3,(H,22,23). The van der Waals surface area contributed by atoms with E-state index in [1.807, 2.05) is 25.1 Å². The van der Waals surface area contributed by atoms with Gasteiger partial charge in [0.2, 0.25) is 5.91 Å². The van der Waals surface area contributed by atoms with Crippen molar-refractivity contribution in [3.05, 3.63) is 59.2 Å². The molecule has 128 valence electrons. The van der Waals surface area contributed by atoms with Crippen LogP contribution in [0.4, 0.5) is 18.9 Å². The second-order valence-electron chi connectivity index (χ2n) is 5.43. The van der Waals surface area contributed by atoms with Crippen molar-refractivity contribution in [2.45, 2.75) is 25.9 Å². The summed E-state index contributed by atoms with van der Waals surface area (Å²) < 4.78 is 42.6. The van der Waals surface area contributed by atoms with Crippen LogP contribution < -0.4 is 10.1 Å². The normalized spacial score (nSPS) is 11.2. The Morgan fingerprint density at radius 2 is 1.79 bits per heavy atom. The average Bonchev–Trinajstić information content (AvgIpc) is 2.53. The van der Waals surface area contributed by atoms with Gasteiger partial charge >= 0.3 is 6.18 Å². The fraction of sp³-hybridized carbons (Fsp3) is 0.278. The van der Waals surface area contributed by atoms with E-state index in [2.05, 4.69) is 5.32 Å². The predicted molar refractivity (Wildman–Crippen MR) is 86.1 cm³/mol. The maximum atomic E-state index is 12.5. The number of benzene rings is 2. The monoisotopic (exact) mass is 337 g/mol. The van der Waals surface area contributed by atoms with Crippen molar-refractivity contribution >= 4 is 11.6 Å². The molecule has 1 N–H and O–H groups in total. The van der Waals surface area contributed by atoms with Crippen molar-refractivity contribution in [2.24, 2.45) is 0 Å². The minimum Gasteiger partial charge on any atom is -0.496 e. The number of carbonyl (C=O) groups is 1. The van der Waals surface area contributed by atoms with E-state index in [-0.39, 0.29) is 12.3 Å². The number of carbonyl (C=O) groups excluding carboxylic acids is 1. The summed E-state index contributed by atoms with van der Waals surface area (Å²) in [4.78, 5) is 11.9. The number of hydrogen-bond acceptors (Lipinski definition) is 2. The smallest absolute Gasteiger partial charge is 0.416 e. The summed E-state index contributed by atoms with van der Waals surface area (Å²) in [5.74, 6) is 0.538. The number of amides is 1. The van der Waals surface area contributed by atoms with Gasteiger partial charge in [-0.25, -0.2) is 0 Å². The molecule has 6 heteroatoms. The van der Waals surface area contributed by atoms with Gasteiger partial charge in [-0.15, -0.1) is 0 Å². The van der Waals surface area contributed by atoms with E-state index in [0.717, 1.165) is 29.0 Å². The van der Waals surface area contributed by atoms with E-state index in [0.29, 0.717) is 12.1 Å². The number of hydrogen-bond donors (Lipinski definition) is 1. The Morgan fingerprint density at radius 1 is 1.12 bits per heavy atom. The molecule has 0 bridgehead atoms. The second-order valence-corrected chi connectivity index (χ2v) is 5.43. The van der Waals surface area contributed by atoms with Gasteiger partial charge in [0.05, 0.1) is 12.7 Å². The molecule has 2 aromatic carbocycles. The molecule has 0 fully saturated rings. The third kappa shape index (κ3) is 4.75. The van der Waals surface area contributed by atoms with Crippen LogP contribution in [0.3, 0.4) is 0 Å². The highest BCUT2D eigenvalue weighted by Crippen LogP contribution is 2.29. The van der Waals surface area contributed by atoms with Crippen LogP contribution in [0, 0.1) is 6.92 Å². The van der Waals surface area contributed by atoms with Crippen LogP contribution in [-0.2, 0) is 17.4 Å². The molecule has 0 heterocycles. The third-order valence-electron chi connectivity index (χ3n) is 3.60. The summed E-state index contributed by atoms with van der Waals surface area (Å²) in [6, 6.07) is 10.1. The fourth-order valence-electron chi connectivity index (χ4n) is 2.32. The average molecular weight is 337 g/mol. The lowest BCUT2D eigenvalue weighted by Crippen LogP contribution is -2.13. The van der Waals surface area contributed by atoms with Gasteiger partial charge < -0.3 is 10.1 Å². The first-order chi connectivity index (χ1) is 11.3. The van der Waals surface area contributed by atoms with E-state index in [9.17, 15) is 18.0 Å². The van der Waals surface area contributed by atoms with Crippen LogP contribution in [-0.4, -0.2) is 13.0 Å². The number of rotatable bonds is 5. The van der Waals surface area contributed by atoms with Gasteiger partial charge in [0, 0.05) is 12.1 Å². The molecule has 0 aliphatic carbocycles.